The summed E-state index contributed by atoms with van der Waals surface area (Å²) in [7, 11) is 1.59. The van der Waals surface area contributed by atoms with E-state index in [2.05, 4.69) is 35.3 Å². The first-order valence-electron chi connectivity index (χ1n) is 10.1. The molecule has 0 amide bonds. The molecule has 0 radical (unpaired) electrons. The summed E-state index contributed by atoms with van der Waals surface area (Å²) in [6, 6.07) is 13.5. The summed E-state index contributed by atoms with van der Waals surface area (Å²) in [5.41, 5.74) is 7.93. The summed E-state index contributed by atoms with van der Waals surface area (Å²) in [5, 5.41) is 8.97. The molecule has 3 aromatic heterocycles. The normalized spacial score (nSPS) is 11.0. The van der Waals surface area contributed by atoms with E-state index in [-0.39, 0.29) is 11.8 Å². The van der Waals surface area contributed by atoms with Crippen molar-refractivity contribution in [3.8, 4) is 11.4 Å². The number of nitrogens with two attached hydrogens (primary N) is 1. The van der Waals surface area contributed by atoms with Crippen molar-refractivity contribution in [2.24, 2.45) is 0 Å². The van der Waals surface area contributed by atoms with Crippen molar-refractivity contribution in [1.82, 2.24) is 34.7 Å². The number of benzene rings is 2. The molecule has 0 atom stereocenters. The summed E-state index contributed by atoms with van der Waals surface area (Å²) >= 11 is 1.42. The van der Waals surface area contributed by atoms with Crippen molar-refractivity contribution in [1.29, 1.82) is 0 Å². The van der Waals surface area contributed by atoms with E-state index in [0.29, 0.717) is 45.3 Å². The van der Waals surface area contributed by atoms with Crippen LogP contribution in [0.1, 0.15) is 5.82 Å². The minimum atomic E-state index is -0.317. The standard InChI is InChI=1S/C22H18FN9OS/c1-33-17-5-3-2-4-16(17)28-22-30-18(29-21(24)31-22)11-34-20-15-10-27-32(19(15)25-12-26-20)14-8-6-13(23)7-9-14/h2-10,12H,11H2,1H3,(H3,24,28,29,30,31). The van der Waals surface area contributed by atoms with Crippen LogP contribution < -0.4 is 15.8 Å². The maximum Gasteiger partial charge on any atom is 0.232 e. The Hall–Kier alpha value is -4.32. The van der Waals surface area contributed by atoms with Crippen molar-refractivity contribution in [2.45, 2.75) is 10.8 Å². The molecule has 0 unspecified atom stereocenters. The average Bonchev–Trinajstić information content (AvgIpc) is 3.28. The third kappa shape index (κ3) is 4.43. The second-order valence-corrected chi connectivity index (χ2v) is 7.96. The summed E-state index contributed by atoms with van der Waals surface area (Å²) in [5.74, 6) is 1.61. The van der Waals surface area contributed by atoms with Gasteiger partial charge in [0.1, 0.15) is 28.7 Å². The zero-order valence-corrected chi connectivity index (χ0v) is 18.7. The zero-order valence-electron chi connectivity index (χ0n) is 17.9. The molecule has 170 valence electrons. The van der Waals surface area contributed by atoms with Gasteiger partial charge in [0.05, 0.1) is 35.8 Å². The Morgan fingerprint density at radius 3 is 2.71 bits per heavy atom. The second-order valence-electron chi connectivity index (χ2n) is 7.00. The van der Waals surface area contributed by atoms with Crippen LogP contribution in [0.15, 0.2) is 66.1 Å². The van der Waals surface area contributed by atoms with Crippen LogP contribution in [0.25, 0.3) is 16.7 Å². The van der Waals surface area contributed by atoms with Gasteiger partial charge in [-0.05, 0) is 36.4 Å². The molecule has 0 saturated heterocycles. The lowest BCUT2D eigenvalue weighted by molar-refractivity contribution is 0.417. The van der Waals surface area contributed by atoms with Crippen LogP contribution >= 0.6 is 11.8 Å². The average molecular weight is 476 g/mol. The molecule has 0 spiro atoms. The lowest BCUT2D eigenvalue weighted by Crippen LogP contribution is -2.07. The highest BCUT2D eigenvalue weighted by atomic mass is 32.2. The van der Waals surface area contributed by atoms with Gasteiger partial charge in [0.2, 0.25) is 11.9 Å². The Balaban J connectivity index is 1.38. The van der Waals surface area contributed by atoms with Crippen LogP contribution in [-0.4, -0.2) is 41.8 Å². The molecule has 0 saturated carbocycles. The fourth-order valence-electron chi connectivity index (χ4n) is 3.27. The minimum absolute atomic E-state index is 0.0972. The fraction of sp³-hybridized carbons (Fsp3) is 0.0909. The van der Waals surface area contributed by atoms with E-state index in [1.807, 2.05) is 24.3 Å². The van der Waals surface area contributed by atoms with Gasteiger partial charge in [-0.25, -0.2) is 19.0 Å². The molecule has 0 bridgehead atoms. The number of aromatic nitrogens is 7. The van der Waals surface area contributed by atoms with E-state index in [1.54, 1.807) is 30.1 Å². The van der Waals surface area contributed by atoms with Gasteiger partial charge < -0.3 is 15.8 Å². The lowest BCUT2D eigenvalue weighted by Gasteiger charge is -2.10. The Morgan fingerprint density at radius 2 is 1.88 bits per heavy atom. The first-order chi connectivity index (χ1) is 16.6. The van der Waals surface area contributed by atoms with Gasteiger partial charge in [0.25, 0.3) is 0 Å². The summed E-state index contributed by atoms with van der Waals surface area (Å²) < 4.78 is 20.3. The van der Waals surface area contributed by atoms with Gasteiger partial charge in [-0.1, -0.05) is 23.9 Å². The van der Waals surface area contributed by atoms with Gasteiger partial charge in [-0.2, -0.15) is 20.1 Å². The molecule has 12 heteroatoms. The topological polar surface area (TPSA) is 130 Å². The van der Waals surface area contributed by atoms with Gasteiger partial charge in [0, 0.05) is 0 Å². The van der Waals surface area contributed by atoms with E-state index in [4.69, 9.17) is 10.5 Å². The number of halogens is 1. The maximum absolute atomic E-state index is 13.3. The van der Waals surface area contributed by atoms with Crippen LogP contribution in [0.4, 0.5) is 22.0 Å². The molecule has 3 N–H and O–H groups in total. The number of ether oxygens (including phenoxy) is 1. The van der Waals surface area contributed by atoms with E-state index < -0.39 is 0 Å². The highest BCUT2D eigenvalue weighted by Crippen LogP contribution is 2.29. The maximum atomic E-state index is 13.3. The Bertz CT molecular complexity index is 1460. The van der Waals surface area contributed by atoms with Gasteiger partial charge >= 0.3 is 0 Å². The predicted molar refractivity (Wildman–Crippen MR) is 127 cm³/mol. The molecular weight excluding hydrogens is 457 g/mol. The third-order valence-corrected chi connectivity index (χ3v) is 5.79. The van der Waals surface area contributed by atoms with Crippen LogP contribution in [0.5, 0.6) is 5.75 Å². The minimum Gasteiger partial charge on any atom is -0.495 e. The van der Waals surface area contributed by atoms with Crippen LogP contribution in [0.2, 0.25) is 0 Å². The number of thioether (sulfide) groups is 1. The highest BCUT2D eigenvalue weighted by Gasteiger charge is 2.14. The Kier molecular flexibility index (Phi) is 5.87. The number of hydrogen-bond acceptors (Lipinski definition) is 10. The summed E-state index contributed by atoms with van der Waals surface area (Å²) in [4.78, 5) is 21.6. The molecule has 0 fully saturated rings. The smallest absolute Gasteiger partial charge is 0.232 e. The Labute approximate surface area is 197 Å². The summed E-state index contributed by atoms with van der Waals surface area (Å²) in [6.07, 6.45) is 3.14. The number of nitrogen functional groups attached to an aromatic ring is 1. The number of para-hydroxylation sites is 2. The highest BCUT2D eigenvalue weighted by molar-refractivity contribution is 7.98. The van der Waals surface area contributed by atoms with E-state index >= 15 is 0 Å². The molecule has 0 aliphatic rings. The summed E-state index contributed by atoms with van der Waals surface area (Å²) in [6.45, 7) is 0. The molecule has 0 aliphatic carbocycles. The molecule has 10 nitrogen and oxygen atoms in total. The van der Waals surface area contributed by atoms with E-state index in [9.17, 15) is 4.39 Å². The van der Waals surface area contributed by atoms with Crippen LogP contribution in [-0.2, 0) is 5.75 Å². The number of nitrogens with zero attached hydrogens (tertiary/aromatic N) is 7. The van der Waals surface area contributed by atoms with Crippen molar-refractivity contribution in [2.75, 3.05) is 18.2 Å². The van der Waals surface area contributed by atoms with Gasteiger partial charge in [-0.15, -0.1) is 0 Å². The van der Waals surface area contributed by atoms with Crippen molar-refractivity contribution in [3.63, 3.8) is 0 Å². The van der Waals surface area contributed by atoms with Crippen molar-refractivity contribution in [3.05, 3.63) is 72.7 Å². The number of nitrogens with one attached hydrogen (secondary N) is 1. The largest absolute Gasteiger partial charge is 0.495 e. The zero-order chi connectivity index (χ0) is 23.5. The Morgan fingerprint density at radius 1 is 1.06 bits per heavy atom. The molecular formula is C22H18FN9OS. The fourth-order valence-corrected chi connectivity index (χ4v) is 4.08. The third-order valence-electron chi connectivity index (χ3n) is 4.79. The van der Waals surface area contributed by atoms with E-state index in [0.717, 1.165) is 5.39 Å². The number of rotatable bonds is 7. The van der Waals surface area contributed by atoms with Gasteiger partial charge in [-0.3, -0.25) is 0 Å². The van der Waals surface area contributed by atoms with Crippen molar-refractivity contribution >= 4 is 40.4 Å². The first-order valence-corrected chi connectivity index (χ1v) is 11.1. The number of methoxy groups -OCH3 is 1. The quantitative estimate of drug-likeness (QED) is 0.265. The van der Waals surface area contributed by atoms with E-state index in [1.165, 1.54) is 30.2 Å². The number of anilines is 3. The first kappa shape index (κ1) is 21.5. The number of fused-ring (bicyclic) bond motifs is 1. The molecule has 3 heterocycles. The molecule has 5 rings (SSSR count). The number of hydrogen-bond donors (Lipinski definition) is 2. The van der Waals surface area contributed by atoms with Crippen LogP contribution in [0.3, 0.4) is 0 Å². The molecule has 0 aliphatic heterocycles. The molecule has 5 aromatic rings. The monoisotopic (exact) mass is 475 g/mol. The molecule has 2 aromatic carbocycles. The SMILES string of the molecule is COc1ccccc1Nc1nc(N)nc(CSc2ncnc3c2cnn3-c2ccc(F)cc2)n1. The lowest BCUT2D eigenvalue weighted by atomic mass is 10.3. The second kappa shape index (κ2) is 9.27. The van der Waals surface area contributed by atoms with Gasteiger partial charge in [0.15, 0.2) is 5.65 Å². The molecule has 34 heavy (non-hydrogen) atoms. The van der Waals surface area contributed by atoms with Crippen molar-refractivity contribution < 1.29 is 9.13 Å². The predicted octanol–water partition coefficient (Wildman–Crippen LogP) is 3.77. The van der Waals surface area contributed by atoms with Crippen LogP contribution in [0, 0.1) is 5.82 Å².